The smallest absolute Gasteiger partial charge is 0.146 e. The Morgan fingerprint density at radius 3 is 2.50 bits per heavy atom. The molecule has 2 aromatic heterocycles. The lowest BCUT2D eigenvalue weighted by Crippen LogP contribution is -2.36. The number of aromatic nitrogens is 5. The standard InChI is InChI=1S/C19H31N7/c1-13(2)26-9-6-21-18(26)14-4-7-25(8-5-14)12-17-22-23-19(24(17)3)15-10-16(20)11-15/h6,9,13-16H,4-5,7-8,10-12,20H2,1-3H3. The second-order valence-corrected chi connectivity index (χ2v) is 8.30. The molecule has 2 aromatic rings. The van der Waals surface area contributed by atoms with Crippen molar-refractivity contribution in [2.24, 2.45) is 12.8 Å². The topological polar surface area (TPSA) is 77.8 Å². The highest BCUT2D eigenvalue weighted by Gasteiger charge is 2.32. The van der Waals surface area contributed by atoms with Gasteiger partial charge in [-0.25, -0.2) is 4.98 Å². The van der Waals surface area contributed by atoms with Gasteiger partial charge in [0.15, 0.2) is 0 Å². The van der Waals surface area contributed by atoms with Crippen LogP contribution in [0.15, 0.2) is 12.4 Å². The zero-order valence-electron chi connectivity index (χ0n) is 16.2. The summed E-state index contributed by atoms with van der Waals surface area (Å²) in [6.45, 7) is 7.51. The molecule has 1 saturated heterocycles. The molecule has 142 valence electrons. The molecule has 7 heteroatoms. The summed E-state index contributed by atoms with van der Waals surface area (Å²) < 4.78 is 4.51. The van der Waals surface area contributed by atoms with Crippen LogP contribution in [-0.4, -0.2) is 48.3 Å². The number of nitrogens with zero attached hydrogens (tertiary/aromatic N) is 6. The van der Waals surface area contributed by atoms with Crippen LogP contribution >= 0.6 is 0 Å². The second-order valence-electron chi connectivity index (χ2n) is 8.30. The Labute approximate surface area is 155 Å². The predicted molar refractivity (Wildman–Crippen MR) is 101 cm³/mol. The average Bonchev–Trinajstić information content (AvgIpc) is 3.21. The number of hydrogen-bond acceptors (Lipinski definition) is 5. The van der Waals surface area contributed by atoms with Gasteiger partial charge in [-0.1, -0.05) is 0 Å². The summed E-state index contributed by atoms with van der Waals surface area (Å²) in [5, 5.41) is 8.90. The zero-order chi connectivity index (χ0) is 18.3. The molecular weight excluding hydrogens is 326 g/mol. The quantitative estimate of drug-likeness (QED) is 0.887. The summed E-state index contributed by atoms with van der Waals surface area (Å²) in [5.74, 6) is 4.49. The average molecular weight is 358 g/mol. The molecule has 1 aliphatic heterocycles. The van der Waals surface area contributed by atoms with E-state index >= 15 is 0 Å². The Bertz CT molecular complexity index is 733. The molecule has 1 saturated carbocycles. The van der Waals surface area contributed by atoms with Crippen LogP contribution in [0.1, 0.15) is 74.9 Å². The van der Waals surface area contributed by atoms with Crippen LogP contribution in [0, 0.1) is 0 Å². The zero-order valence-corrected chi connectivity index (χ0v) is 16.2. The molecule has 0 bridgehead atoms. The van der Waals surface area contributed by atoms with Crippen LogP contribution in [0.2, 0.25) is 0 Å². The summed E-state index contributed by atoms with van der Waals surface area (Å²) in [6.07, 6.45) is 8.45. The maximum atomic E-state index is 5.92. The van der Waals surface area contributed by atoms with Crippen LogP contribution in [0.25, 0.3) is 0 Å². The molecule has 2 aliphatic rings. The van der Waals surface area contributed by atoms with Gasteiger partial charge in [0.1, 0.15) is 17.5 Å². The molecule has 2 N–H and O–H groups in total. The van der Waals surface area contributed by atoms with Crippen molar-refractivity contribution in [2.75, 3.05) is 13.1 Å². The van der Waals surface area contributed by atoms with Gasteiger partial charge in [0.25, 0.3) is 0 Å². The van der Waals surface area contributed by atoms with Gasteiger partial charge in [-0.05, 0) is 52.6 Å². The third-order valence-corrected chi connectivity index (χ3v) is 6.11. The molecule has 7 nitrogen and oxygen atoms in total. The minimum absolute atomic E-state index is 0.345. The molecule has 0 radical (unpaired) electrons. The van der Waals surface area contributed by atoms with Gasteiger partial charge >= 0.3 is 0 Å². The van der Waals surface area contributed by atoms with E-state index in [4.69, 9.17) is 5.73 Å². The fraction of sp³-hybridized carbons (Fsp3) is 0.737. The Hall–Kier alpha value is -1.73. The van der Waals surface area contributed by atoms with E-state index in [1.54, 1.807) is 0 Å². The van der Waals surface area contributed by atoms with E-state index in [-0.39, 0.29) is 0 Å². The minimum atomic E-state index is 0.345. The first-order valence-corrected chi connectivity index (χ1v) is 9.91. The van der Waals surface area contributed by atoms with E-state index in [0.29, 0.717) is 23.9 Å². The third-order valence-electron chi connectivity index (χ3n) is 6.11. The lowest BCUT2D eigenvalue weighted by atomic mass is 9.80. The highest BCUT2D eigenvalue weighted by Crippen LogP contribution is 2.35. The van der Waals surface area contributed by atoms with E-state index in [0.717, 1.165) is 57.0 Å². The van der Waals surface area contributed by atoms with Crippen molar-refractivity contribution in [1.82, 2.24) is 29.2 Å². The fourth-order valence-electron chi connectivity index (χ4n) is 4.37. The summed E-state index contributed by atoms with van der Waals surface area (Å²) >= 11 is 0. The van der Waals surface area contributed by atoms with Gasteiger partial charge in [-0.3, -0.25) is 4.90 Å². The first-order valence-electron chi connectivity index (χ1n) is 9.91. The van der Waals surface area contributed by atoms with Crippen molar-refractivity contribution in [2.45, 2.75) is 70.0 Å². The monoisotopic (exact) mass is 357 g/mol. The molecule has 0 aromatic carbocycles. The van der Waals surface area contributed by atoms with E-state index in [2.05, 4.69) is 56.3 Å². The lowest BCUT2D eigenvalue weighted by molar-refractivity contribution is 0.193. The molecular formula is C19H31N7. The van der Waals surface area contributed by atoms with Crippen molar-refractivity contribution in [1.29, 1.82) is 0 Å². The summed E-state index contributed by atoms with van der Waals surface area (Å²) in [5.41, 5.74) is 5.92. The third kappa shape index (κ3) is 3.30. The van der Waals surface area contributed by atoms with Gasteiger partial charge in [-0.15, -0.1) is 10.2 Å². The van der Waals surface area contributed by atoms with Gasteiger partial charge in [0.2, 0.25) is 0 Å². The summed E-state index contributed by atoms with van der Waals surface area (Å²) in [7, 11) is 2.10. The molecule has 4 rings (SSSR count). The Morgan fingerprint density at radius 2 is 1.85 bits per heavy atom. The number of nitrogens with two attached hydrogens (primary N) is 1. The summed E-state index contributed by atoms with van der Waals surface area (Å²) in [4.78, 5) is 7.14. The van der Waals surface area contributed by atoms with Crippen molar-refractivity contribution in [3.8, 4) is 0 Å². The van der Waals surface area contributed by atoms with Crippen LogP contribution in [0.3, 0.4) is 0 Å². The molecule has 2 fully saturated rings. The molecule has 0 unspecified atom stereocenters. The maximum absolute atomic E-state index is 5.92. The van der Waals surface area contributed by atoms with E-state index in [9.17, 15) is 0 Å². The van der Waals surface area contributed by atoms with E-state index in [1.165, 1.54) is 5.82 Å². The second kappa shape index (κ2) is 7.12. The fourth-order valence-corrected chi connectivity index (χ4v) is 4.37. The maximum Gasteiger partial charge on any atom is 0.146 e. The first kappa shape index (κ1) is 17.7. The highest BCUT2D eigenvalue weighted by molar-refractivity contribution is 5.08. The first-order chi connectivity index (χ1) is 12.5. The molecule has 3 heterocycles. The SMILES string of the molecule is CC(C)n1ccnc1C1CCN(Cc2nnc(C3CC(N)C3)n2C)CC1. The van der Waals surface area contributed by atoms with E-state index < -0.39 is 0 Å². The molecule has 0 spiro atoms. The Morgan fingerprint density at radius 1 is 1.12 bits per heavy atom. The normalized spacial score (nSPS) is 25.0. The van der Waals surface area contributed by atoms with Gasteiger partial charge < -0.3 is 14.9 Å². The van der Waals surface area contributed by atoms with Crippen LogP contribution in [0.4, 0.5) is 0 Å². The number of piperidine rings is 1. The Balaban J connectivity index is 1.35. The van der Waals surface area contributed by atoms with Gasteiger partial charge in [-0.2, -0.15) is 0 Å². The number of rotatable bonds is 5. The van der Waals surface area contributed by atoms with Gasteiger partial charge in [0, 0.05) is 43.4 Å². The van der Waals surface area contributed by atoms with Crippen molar-refractivity contribution < 1.29 is 0 Å². The van der Waals surface area contributed by atoms with Crippen molar-refractivity contribution >= 4 is 0 Å². The van der Waals surface area contributed by atoms with Crippen molar-refractivity contribution in [3.05, 3.63) is 29.9 Å². The minimum Gasteiger partial charge on any atom is -0.332 e. The summed E-state index contributed by atoms with van der Waals surface area (Å²) in [6, 6.07) is 0.819. The number of hydrogen-bond donors (Lipinski definition) is 1. The van der Waals surface area contributed by atoms with E-state index in [1.807, 2.05) is 6.20 Å². The van der Waals surface area contributed by atoms with Crippen LogP contribution in [0.5, 0.6) is 0 Å². The van der Waals surface area contributed by atoms with Crippen molar-refractivity contribution in [3.63, 3.8) is 0 Å². The number of imidazole rings is 1. The lowest BCUT2D eigenvalue weighted by Gasteiger charge is -2.32. The highest BCUT2D eigenvalue weighted by atomic mass is 15.3. The predicted octanol–water partition coefficient (Wildman–Crippen LogP) is 2.18. The largest absolute Gasteiger partial charge is 0.332 e. The van der Waals surface area contributed by atoms with Crippen LogP contribution in [-0.2, 0) is 13.6 Å². The van der Waals surface area contributed by atoms with Gasteiger partial charge in [0.05, 0.1) is 6.54 Å². The van der Waals surface area contributed by atoms with Crippen LogP contribution < -0.4 is 5.73 Å². The molecule has 0 atom stereocenters. The molecule has 26 heavy (non-hydrogen) atoms. The Kier molecular flexibility index (Phi) is 4.84. The molecule has 0 amide bonds. The molecule has 1 aliphatic carbocycles. The number of likely N-dealkylation sites (tertiary alicyclic amines) is 1.